The van der Waals surface area contributed by atoms with Gasteiger partial charge in [-0.25, -0.2) is 0 Å². The van der Waals surface area contributed by atoms with Gasteiger partial charge in [-0.1, -0.05) is 22.9 Å². The normalized spacial score (nSPS) is 11.5. The molecule has 0 unspecified atom stereocenters. The first-order valence-corrected chi connectivity index (χ1v) is 6.70. The van der Waals surface area contributed by atoms with Crippen molar-refractivity contribution in [2.75, 3.05) is 0 Å². The van der Waals surface area contributed by atoms with Crippen molar-refractivity contribution in [3.05, 3.63) is 36.5 Å². The van der Waals surface area contributed by atoms with Gasteiger partial charge in [-0.05, 0) is 19.9 Å². The molecule has 2 rings (SSSR count). The van der Waals surface area contributed by atoms with Crippen molar-refractivity contribution in [2.24, 2.45) is 5.41 Å². The van der Waals surface area contributed by atoms with Crippen molar-refractivity contribution in [3.8, 4) is 0 Å². The van der Waals surface area contributed by atoms with Crippen molar-refractivity contribution < 1.29 is 37.7 Å². The second kappa shape index (κ2) is 7.24. The van der Waals surface area contributed by atoms with Crippen LogP contribution < -0.4 is 9.79 Å². The summed E-state index contributed by atoms with van der Waals surface area (Å²) in [5, 5.41) is 23.3. The molecule has 0 amide bonds. The number of halogens is 3. The van der Waals surface area contributed by atoms with Crippen LogP contribution in [0.1, 0.15) is 13.8 Å². The summed E-state index contributed by atoms with van der Waals surface area (Å²) in [6.07, 6.45) is -3.38. The highest BCUT2D eigenvalue weighted by Gasteiger charge is 2.33. The van der Waals surface area contributed by atoms with Crippen LogP contribution in [0.4, 0.5) is 13.2 Å². The molecule has 0 bridgehead atoms. The minimum absolute atomic E-state index is 0.354. The van der Waals surface area contributed by atoms with Gasteiger partial charge >= 0.3 is 12.1 Å². The third-order valence-corrected chi connectivity index (χ3v) is 2.97. The number of hydrogen-bond acceptors (Lipinski definition) is 4. The van der Waals surface area contributed by atoms with E-state index < -0.39 is 23.5 Å². The monoisotopic (exact) mass is 344 g/mol. The second-order valence-corrected chi connectivity index (χ2v) is 5.55. The number of alkyl halides is 3. The number of carboxylic acids is 2. The van der Waals surface area contributed by atoms with Crippen LogP contribution in [0.3, 0.4) is 0 Å². The quantitative estimate of drug-likeness (QED) is 0.836. The van der Waals surface area contributed by atoms with Crippen LogP contribution in [-0.2, 0) is 16.1 Å². The van der Waals surface area contributed by atoms with Crippen molar-refractivity contribution in [1.82, 2.24) is 5.10 Å². The number of aliphatic carboxylic acids is 2. The first kappa shape index (κ1) is 19.3. The number of carboxylic acid groups (broad SMARTS) is 2. The Kier molecular flexibility index (Phi) is 5.83. The van der Waals surface area contributed by atoms with E-state index in [4.69, 9.17) is 15.0 Å². The van der Waals surface area contributed by atoms with Crippen LogP contribution in [0.15, 0.2) is 36.5 Å². The molecule has 9 heteroatoms. The average Bonchev–Trinajstić information content (AvgIpc) is 2.46. The lowest BCUT2D eigenvalue weighted by molar-refractivity contribution is -0.759. The van der Waals surface area contributed by atoms with E-state index in [0.717, 1.165) is 10.9 Å². The molecule has 24 heavy (non-hydrogen) atoms. The maximum absolute atomic E-state index is 11.0. The number of hydrogen-bond donors (Lipinski definition) is 1. The van der Waals surface area contributed by atoms with E-state index in [-0.39, 0.29) is 0 Å². The lowest BCUT2D eigenvalue weighted by Crippen LogP contribution is -2.47. The fraction of sp³-hybridized carbons (Fsp3) is 0.333. The molecule has 1 heterocycles. The molecule has 130 valence electrons. The first-order valence-electron chi connectivity index (χ1n) is 6.70. The summed E-state index contributed by atoms with van der Waals surface area (Å²) in [6, 6.07) is 9.71. The SMILES string of the molecule is CC(C)(C[n+]1ccc2ccccc2n1)C(=O)O.O=C([O-])C(F)(F)F. The van der Waals surface area contributed by atoms with Crippen LogP contribution in [0.25, 0.3) is 10.9 Å². The Morgan fingerprint density at radius 2 is 1.75 bits per heavy atom. The van der Waals surface area contributed by atoms with Gasteiger partial charge in [0.1, 0.15) is 16.9 Å². The zero-order chi connectivity index (χ0) is 18.5. The number of benzene rings is 1. The fourth-order valence-electron chi connectivity index (χ4n) is 1.62. The van der Waals surface area contributed by atoms with E-state index >= 15 is 0 Å². The van der Waals surface area contributed by atoms with Gasteiger partial charge in [0, 0.05) is 16.6 Å². The highest BCUT2D eigenvalue weighted by molar-refractivity contribution is 5.76. The zero-order valence-corrected chi connectivity index (χ0v) is 12.9. The van der Waals surface area contributed by atoms with Gasteiger partial charge in [0.05, 0.1) is 0 Å². The summed E-state index contributed by atoms with van der Waals surface area (Å²) in [7, 11) is 0. The van der Waals surface area contributed by atoms with Crippen LogP contribution in [0.5, 0.6) is 0 Å². The molecule has 0 saturated carbocycles. The summed E-state index contributed by atoms with van der Waals surface area (Å²) in [5.74, 6) is -3.83. The van der Waals surface area contributed by atoms with Crippen molar-refractivity contribution in [2.45, 2.75) is 26.6 Å². The Morgan fingerprint density at radius 1 is 1.21 bits per heavy atom. The number of carbonyl (C=O) groups is 2. The molecule has 1 aromatic carbocycles. The molecule has 0 aliphatic rings. The molecule has 2 aromatic rings. The molecule has 0 aliphatic heterocycles. The summed E-state index contributed by atoms with van der Waals surface area (Å²) >= 11 is 0. The smallest absolute Gasteiger partial charge is 0.430 e. The molecule has 0 saturated heterocycles. The molecular formula is C15H15F3N2O4. The maximum Gasteiger partial charge on any atom is 0.430 e. The van der Waals surface area contributed by atoms with Gasteiger partial charge < -0.3 is 15.0 Å². The lowest BCUT2D eigenvalue weighted by Gasteiger charge is -2.13. The van der Waals surface area contributed by atoms with Gasteiger partial charge in [-0.3, -0.25) is 4.79 Å². The average molecular weight is 344 g/mol. The number of fused-ring (bicyclic) bond motifs is 1. The molecule has 0 aliphatic carbocycles. The first-order chi connectivity index (χ1) is 10.9. The molecule has 0 atom stereocenters. The Labute approximate surface area is 135 Å². The van der Waals surface area contributed by atoms with Crippen LogP contribution >= 0.6 is 0 Å². The van der Waals surface area contributed by atoms with Gasteiger partial charge in [-0.2, -0.15) is 13.2 Å². The largest absolute Gasteiger partial charge is 0.542 e. The summed E-state index contributed by atoms with van der Waals surface area (Å²) in [4.78, 5) is 19.8. The van der Waals surface area contributed by atoms with Crippen molar-refractivity contribution in [3.63, 3.8) is 0 Å². The molecule has 1 N–H and O–H groups in total. The van der Waals surface area contributed by atoms with E-state index in [9.17, 15) is 18.0 Å². The topological polar surface area (TPSA) is 94.2 Å². The minimum atomic E-state index is -5.19. The van der Waals surface area contributed by atoms with E-state index in [1.165, 1.54) is 0 Å². The summed E-state index contributed by atoms with van der Waals surface area (Å²) < 4.78 is 33.2. The Morgan fingerprint density at radius 3 is 2.25 bits per heavy atom. The number of nitrogens with zero attached hydrogens (tertiary/aromatic N) is 2. The van der Waals surface area contributed by atoms with Gasteiger partial charge in [0.2, 0.25) is 0 Å². The molecule has 0 radical (unpaired) electrons. The van der Waals surface area contributed by atoms with Crippen LogP contribution in [0.2, 0.25) is 0 Å². The Balaban J connectivity index is 0.000000351. The molecular weight excluding hydrogens is 329 g/mol. The van der Waals surface area contributed by atoms with E-state index in [1.807, 2.05) is 36.5 Å². The maximum atomic E-state index is 11.0. The standard InChI is InChI=1S/C13H14N2O2.C2HF3O2/c1-13(2,12(16)17)9-15-8-7-10-5-3-4-6-11(10)14-15;3-2(4,5)1(6)7/h3-8H,9H2,1-2H3;(H,6,7). The van der Waals surface area contributed by atoms with E-state index in [1.54, 1.807) is 18.5 Å². The molecule has 6 nitrogen and oxygen atoms in total. The third kappa shape index (κ3) is 5.49. The third-order valence-electron chi connectivity index (χ3n) is 2.97. The van der Waals surface area contributed by atoms with Crippen molar-refractivity contribution in [1.29, 1.82) is 0 Å². The predicted octanol–water partition coefficient (Wildman–Crippen LogP) is 0.932. The van der Waals surface area contributed by atoms with Gasteiger partial charge in [0.25, 0.3) is 0 Å². The Hall–Kier alpha value is -2.71. The number of rotatable bonds is 3. The van der Waals surface area contributed by atoms with Crippen LogP contribution in [-0.4, -0.2) is 28.3 Å². The fourth-order valence-corrected chi connectivity index (χ4v) is 1.62. The molecule has 0 fully saturated rings. The lowest BCUT2D eigenvalue weighted by atomic mass is 9.94. The number of aromatic nitrogens is 2. The minimum Gasteiger partial charge on any atom is -0.542 e. The highest BCUT2D eigenvalue weighted by atomic mass is 19.4. The predicted molar refractivity (Wildman–Crippen MR) is 74.4 cm³/mol. The van der Waals surface area contributed by atoms with Gasteiger partial charge in [-0.15, -0.1) is 0 Å². The van der Waals surface area contributed by atoms with E-state index in [0.29, 0.717) is 6.54 Å². The number of carbonyl (C=O) groups excluding carboxylic acids is 1. The van der Waals surface area contributed by atoms with E-state index in [2.05, 4.69) is 5.10 Å². The highest BCUT2D eigenvalue weighted by Crippen LogP contribution is 2.15. The van der Waals surface area contributed by atoms with Gasteiger partial charge in [0.15, 0.2) is 12.7 Å². The summed E-state index contributed by atoms with van der Waals surface area (Å²) in [5.41, 5.74) is 0.0521. The van der Waals surface area contributed by atoms with Crippen LogP contribution in [0, 0.1) is 5.41 Å². The second-order valence-electron chi connectivity index (χ2n) is 5.55. The molecule has 1 aromatic heterocycles. The zero-order valence-electron chi connectivity index (χ0n) is 12.9. The Bertz CT molecular complexity index is 745. The summed E-state index contributed by atoms with van der Waals surface area (Å²) in [6.45, 7) is 3.74. The van der Waals surface area contributed by atoms with Crippen molar-refractivity contribution >= 4 is 22.8 Å². The molecule has 0 spiro atoms.